The Morgan fingerprint density at radius 3 is 2.68 bits per heavy atom. The van der Waals surface area contributed by atoms with E-state index in [4.69, 9.17) is 5.73 Å². The number of anilines is 1. The summed E-state index contributed by atoms with van der Waals surface area (Å²) in [6.07, 6.45) is 2.03. The van der Waals surface area contributed by atoms with Gasteiger partial charge >= 0.3 is 0 Å². The molecule has 2 heterocycles. The zero-order valence-electron chi connectivity index (χ0n) is 10.4. The van der Waals surface area contributed by atoms with E-state index in [2.05, 4.69) is 9.97 Å². The van der Waals surface area contributed by atoms with E-state index in [1.165, 1.54) is 0 Å². The quantitative estimate of drug-likeness (QED) is 0.874. The molecule has 1 unspecified atom stereocenters. The van der Waals surface area contributed by atoms with Gasteiger partial charge in [0, 0.05) is 30.8 Å². The first-order valence-electron chi connectivity index (χ1n) is 6.18. The fourth-order valence-electron chi connectivity index (χ4n) is 2.18. The molecular weight excluding hydrogens is 240 g/mol. The third-order valence-corrected chi connectivity index (χ3v) is 3.11. The second kappa shape index (κ2) is 4.78. The number of aromatic nitrogens is 2. The summed E-state index contributed by atoms with van der Waals surface area (Å²) in [5.41, 5.74) is 7.59. The smallest absolute Gasteiger partial charge is 0.232 e. The first-order valence-corrected chi connectivity index (χ1v) is 6.18. The molecule has 3 rings (SSSR count). The first kappa shape index (κ1) is 11.8. The molecule has 5 nitrogen and oxygen atoms in total. The fraction of sp³-hybridized carbons (Fsp3) is 0.214. The Morgan fingerprint density at radius 1 is 1.21 bits per heavy atom. The number of carbonyl (C=O) groups excluding carboxylic acids is 1. The van der Waals surface area contributed by atoms with E-state index in [1.807, 2.05) is 36.4 Å². The molecule has 0 radical (unpaired) electrons. The minimum Gasteiger partial charge on any atom is -0.326 e. The lowest BCUT2D eigenvalue weighted by Crippen LogP contribution is -2.29. The maximum Gasteiger partial charge on any atom is 0.232 e. The number of hydrogen-bond acceptors (Lipinski definition) is 4. The van der Waals surface area contributed by atoms with Crippen molar-refractivity contribution in [2.24, 2.45) is 5.73 Å². The molecule has 1 aliphatic heterocycles. The molecule has 1 aliphatic rings. The van der Waals surface area contributed by atoms with Gasteiger partial charge in [-0.25, -0.2) is 9.97 Å². The number of benzene rings is 1. The Balaban J connectivity index is 1.95. The van der Waals surface area contributed by atoms with Crippen molar-refractivity contribution >= 4 is 11.9 Å². The van der Waals surface area contributed by atoms with Crippen molar-refractivity contribution in [1.82, 2.24) is 9.97 Å². The van der Waals surface area contributed by atoms with Gasteiger partial charge in [0.2, 0.25) is 11.9 Å². The largest absolute Gasteiger partial charge is 0.326 e. The molecule has 0 spiro atoms. The molecule has 2 N–H and O–H groups in total. The van der Waals surface area contributed by atoms with E-state index < -0.39 is 0 Å². The van der Waals surface area contributed by atoms with Gasteiger partial charge in [-0.1, -0.05) is 30.3 Å². The maximum atomic E-state index is 11.8. The molecule has 0 aliphatic carbocycles. The summed E-state index contributed by atoms with van der Waals surface area (Å²) in [6, 6.07) is 11.5. The summed E-state index contributed by atoms with van der Waals surface area (Å²) < 4.78 is 0. The standard InChI is InChI=1S/C14H14N4O/c15-11-8-13(19)18(9-11)14-16-7-6-12(17-14)10-4-2-1-3-5-10/h1-7,11H,8-9,15H2. The molecule has 1 aromatic carbocycles. The van der Waals surface area contributed by atoms with Gasteiger partial charge in [-0.3, -0.25) is 9.69 Å². The lowest BCUT2D eigenvalue weighted by atomic mass is 10.1. The predicted octanol–water partition coefficient (Wildman–Crippen LogP) is 1.21. The van der Waals surface area contributed by atoms with Crippen molar-refractivity contribution in [3.05, 3.63) is 42.6 Å². The Labute approximate surface area is 111 Å². The summed E-state index contributed by atoms with van der Waals surface area (Å²) in [5, 5.41) is 0. The molecule has 19 heavy (non-hydrogen) atoms. The average Bonchev–Trinajstić information content (AvgIpc) is 2.79. The Hall–Kier alpha value is -2.27. The number of nitrogens with two attached hydrogens (primary N) is 1. The molecule has 96 valence electrons. The monoisotopic (exact) mass is 254 g/mol. The van der Waals surface area contributed by atoms with E-state index in [9.17, 15) is 4.79 Å². The van der Waals surface area contributed by atoms with E-state index in [0.717, 1.165) is 11.3 Å². The molecule has 1 fully saturated rings. The minimum atomic E-state index is -0.128. The normalized spacial score (nSPS) is 18.9. The number of nitrogens with zero attached hydrogens (tertiary/aromatic N) is 3. The number of amides is 1. The molecule has 5 heteroatoms. The van der Waals surface area contributed by atoms with E-state index in [0.29, 0.717) is 18.9 Å². The zero-order valence-corrected chi connectivity index (χ0v) is 10.4. The van der Waals surface area contributed by atoms with Crippen LogP contribution >= 0.6 is 0 Å². The molecule has 1 atom stereocenters. The van der Waals surface area contributed by atoms with Crippen LogP contribution in [0, 0.1) is 0 Å². The summed E-state index contributed by atoms with van der Waals surface area (Å²) in [5.74, 6) is 0.414. The van der Waals surface area contributed by atoms with Crippen LogP contribution in [0.3, 0.4) is 0 Å². The lowest BCUT2D eigenvalue weighted by molar-refractivity contribution is -0.117. The third kappa shape index (κ3) is 2.32. The van der Waals surface area contributed by atoms with Gasteiger partial charge in [0.1, 0.15) is 0 Å². The van der Waals surface area contributed by atoms with Crippen LogP contribution in [-0.4, -0.2) is 28.5 Å². The lowest BCUT2D eigenvalue weighted by Gasteiger charge is -2.14. The van der Waals surface area contributed by atoms with Crippen molar-refractivity contribution in [1.29, 1.82) is 0 Å². The van der Waals surface area contributed by atoms with Crippen LogP contribution in [-0.2, 0) is 4.79 Å². The average molecular weight is 254 g/mol. The number of rotatable bonds is 2. The van der Waals surface area contributed by atoms with Crippen molar-refractivity contribution in [2.45, 2.75) is 12.5 Å². The van der Waals surface area contributed by atoms with Crippen LogP contribution < -0.4 is 10.6 Å². The molecule has 0 saturated carbocycles. The van der Waals surface area contributed by atoms with Crippen LogP contribution in [0.1, 0.15) is 6.42 Å². The number of hydrogen-bond donors (Lipinski definition) is 1. The minimum absolute atomic E-state index is 0.0160. The summed E-state index contributed by atoms with van der Waals surface area (Å²) >= 11 is 0. The van der Waals surface area contributed by atoms with Crippen molar-refractivity contribution < 1.29 is 4.79 Å². The Morgan fingerprint density at radius 2 is 2.00 bits per heavy atom. The molecule has 0 bridgehead atoms. The van der Waals surface area contributed by atoms with Gasteiger partial charge in [0.05, 0.1) is 5.69 Å². The predicted molar refractivity (Wildman–Crippen MR) is 72.4 cm³/mol. The second-order valence-electron chi connectivity index (χ2n) is 4.58. The van der Waals surface area contributed by atoms with E-state index >= 15 is 0 Å². The Bertz CT molecular complexity index is 599. The summed E-state index contributed by atoms with van der Waals surface area (Å²) in [4.78, 5) is 22.0. The zero-order chi connectivity index (χ0) is 13.2. The van der Waals surface area contributed by atoms with Gasteiger partial charge in [-0.2, -0.15) is 0 Å². The molecule has 1 amide bonds. The van der Waals surface area contributed by atoms with Crippen LogP contribution in [0.15, 0.2) is 42.6 Å². The van der Waals surface area contributed by atoms with Gasteiger partial charge in [-0.15, -0.1) is 0 Å². The van der Waals surface area contributed by atoms with Crippen LogP contribution in [0.2, 0.25) is 0 Å². The van der Waals surface area contributed by atoms with E-state index in [1.54, 1.807) is 11.1 Å². The van der Waals surface area contributed by atoms with Crippen molar-refractivity contribution in [3.8, 4) is 11.3 Å². The highest BCUT2D eigenvalue weighted by atomic mass is 16.2. The Kier molecular flexibility index (Phi) is 2.97. The summed E-state index contributed by atoms with van der Waals surface area (Å²) in [6.45, 7) is 0.483. The van der Waals surface area contributed by atoms with Gasteiger partial charge in [0.25, 0.3) is 0 Å². The van der Waals surface area contributed by atoms with Gasteiger partial charge in [-0.05, 0) is 6.07 Å². The van der Waals surface area contributed by atoms with Crippen LogP contribution in [0.4, 0.5) is 5.95 Å². The fourth-order valence-corrected chi connectivity index (χ4v) is 2.18. The van der Waals surface area contributed by atoms with Crippen molar-refractivity contribution in [2.75, 3.05) is 11.4 Å². The van der Waals surface area contributed by atoms with Crippen molar-refractivity contribution in [3.63, 3.8) is 0 Å². The molecule has 1 aromatic heterocycles. The SMILES string of the molecule is NC1CC(=O)N(c2nccc(-c3ccccc3)n2)C1. The van der Waals surface area contributed by atoms with Gasteiger partial charge < -0.3 is 5.73 Å². The van der Waals surface area contributed by atoms with E-state index in [-0.39, 0.29) is 11.9 Å². The highest BCUT2D eigenvalue weighted by Crippen LogP contribution is 2.21. The molecule has 2 aromatic rings. The number of carbonyl (C=O) groups is 1. The van der Waals surface area contributed by atoms with Crippen LogP contribution in [0.5, 0.6) is 0 Å². The maximum absolute atomic E-state index is 11.8. The highest BCUT2D eigenvalue weighted by Gasteiger charge is 2.29. The van der Waals surface area contributed by atoms with Gasteiger partial charge in [0.15, 0.2) is 0 Å². The molecule has 1 saturated heterocycles. The highest BCUT2D eigenvalue weighted by molar-refractivity contribution is 5.94. The van der Waals surface area contributed by atoms with Crippen LogP contribution in [0.25, 0.3) is 11.3 Å². The second-order valence-corrected chi connectivity index (χ2v) is 4.58. The molecular formula is C14H14N4O. The summed E-state index contributed by atoms with van der Waals surface area (Å²) in [7, 11) is 0. The topological polar surface area (TPSA) is 72.1 Å². The first-order chi connectivity index (χ1) is 9.24. The third-order valence-electron chi connectivity index (χ3n) is 3.11.